The molecular formula is C58H36N4. The smallest absolute Gasteiger partial charge is 0.238 e. The van der Waals surface area contributed by atoms with Crippen molar-refractivity contribution in [2.24, 2.45) is 0 Å². The lowest BCUT2D eigenvalue weighted by Gasteiger charge is -2.30. The van der Waals surface area contributed by atoms with Gasteiger partial charge in [-0.15, -0.1) is 0 Å². The van der Waals surface area contributed by atoms with Crippen LogP contribution in [0.2, 0.25) is 0 Å². The molecule has 288 valence electrons. The first-order valence-electron chi connectivity index (χ1n) is 21.2. The lowest BCUT2D eigenvalue weighted by molar-refractivity contribution is 0.794. The second-order valence-corrected chi connectivity index (χ2v) is 16.3. The van der Waals surface area contributed by atoms with E-state index in [-0.39, 0.29) is 0 Å². The van der Waals surface area contributed by atoms with E-state index in [1.165, 1.54) is 55.6 Å². The quantitative estimate of drug-likeness (QED) is 0.174. The van der Waals surface area contributed by atoms with E-state index in [9.17, 15) is 0 Å². The molecule has 1 spiro atoms. The topological polar surface area (TPSA) is 43.6 Å². The van der Waals surface area contributed by atoms with Gasteiger partial charge < -0.3 is 0 Å². The van der Waals surface area contributed by atoms with Gasteiger partial charge in [0.2, 0.25) is 5.95 Å². The largest absolute Gasteiger partial charge is 0.278 e. The SMILES string of the molecule is c1ccc(-c2cccc(-c3nc(-c4ccccc4)nc(-n4c5ccccc5c5c(-c6ccc7c(c6)C6(c8ccccc8-c8ccccc86)c6ccccc6-7)cccc54)n3)c2)cc1. The van der Waals surface area contributed by atoms with Crippen LogP contribution >= 0.6 is 0 Å². The zero-order chi connectivity index (χ0) is 40.8. The number of fused-ring (bicyclic) bond motifs is 13. The van der Waals surface area contributed by atoms with Crippen molar-refractivity contribution in [1.82, 2.24) is 19.5 Å². The van der Waals surface area contributed by atoms with Gasteiger partial charge in [0.1, 0.15) is 0 Å². The third-order valence-corrected chi connectivity index (χ3v) is 13.1. The predicted octanol–water partition coefficient (Wildman–Crippen LogP) is 14.0. The highest BCUT2D eigenvalue weighted by Crippen LogP contribution is 2.63. The number of nitrogens with zero attached hydrogens (tertiary/aromatic N) is 4. The molecule has 2 aromatic heterocycles. The van der Waals surface area contributed by atoms with E-state index in [1.807, 2.05) is 24.3 Å². The van der Waals surface area contributed by atoms with E-state index in [0.717, 1.165) is 44.1 Å². The molecule has 2 aliphatic carbocycles. The maximum atomic E-state index is 5.31. The summed E-state index contributed by atoms with van der Waals surface area (Å²) in [6.45, 7) is 0. The fraction of sp³-hybridized carbons (Fsp3) is 0.0172. The Morgan fingerprint density at radius 2 is 0.806 bits per heavy atom. The number of rotatable bonds is 5. The van der Waals surface area contributed by atoms with Gasteiger partial charge in [-0.25, -0.2) is 4.98 Å². The van der Waals surface area contributed by atoms with Crippen molar-refractivity contribution < 1.29 is 0 Å². The molecule has 11 aromatic rings. The van der Waals surface area contributed by atoms with Crippen molar-refractivity contribution >= 4 is 21.8 Å². The van der Waals surface area contributed by atoms with Crippen LogP contribution in [0.5, 0.6) is 0 Å². The van der Waals surface area contributed by atoms with E-state index in [1.54, 1.807) is 0 Å². The van der Waals surface area contributed by atoms with Crippen molar-refractivity contribution in [3.8, 4) is 73.2 Å². The van der Waals surface area contributed by atoms with Crippen molar-refractivity contribution in [1.29, 1.82) is 0 Å². The minimum atomic E-state index is -0.427. The highest BCUT2D eigenvalue weighted by molar-refractivity contribution is 6.16. The Morgan fingerprint density at radius 1 is 0.306 bits per heavy atom. The summed E-state index contributed by atoms with van der Waals surface area (Å²) in [6.07, 6.45) is 0. The molecule has 0 amide bonds. The predicted molar refractivity (Wildman–Crippen MR) is 252 cm³/mol. The first-order chi connectivity index (χ1) is 30.8. The first-order valence-corrected chi connectivity index (χ1v) is 21.2. The van der Waals surface area contributed by atoms with Crippen LogP contribution < -0.4 is 0 Å². The van der Waals surface area contributed by atoms with Crippen LogP contribution in [0.1, 0.15) is 22.3 Å². The van der Waals surface area contributed by atoms with Gasteiger partial charge in [0.15, 0.2) is 11.6 Å². The first kappa shape index (κ1) is 34.6. The van der Waals surface area contributed by atoms with E-state index in [2.05, 4.69) is 199 Å². The summed E-state index contributed by atoms with van der Waals surface area (Å²) in [5.74, 6) is 1.82. The fourth-order valence-corrected chi connectivity index (χ4v) is 10.5. The summed E-state index contributed by atoms with van der Waals surface area (Å²) < 4.78 is 2.22. The normalized spacial score (nSPS) is 13.0. The minimum Gasteiger partial charge on any atom is -0.278 e. The Morgan fingerprint density at radius 3 is 1.50 bits per heavy atom. The molecule has 13 rings (SSSR count). The Bertz CT molecular complexity index is 3520. The summed E-state index contributed by atoms with van der Waals surface area (Å²) in [7, 11) is 0. The van der Waals surface area contributed by atoms with Crippen molar-refractivity contribution in [3.05, 3.63) is 241 Å². The zero-order valence-corrected chi connectivity index (χ0v) is 33.6. The van der Waals surface area contributed by atoms with Crippen LogP contribution in [0.15, 0.2) is 218 Å². The molecule has 0 atom stereocenters. The summed E-state index contributed by atoms with van der Waals surface area (Å²) in [5.41, 5.74) is 18.6. The van der Waals surface area contributed by atoms with Gasteiger partial charge in [0.25, 0.3) is 0 Å². The Hall–Kier alpha value is -8.21. The number of benzene rings is 9. The molecule has 62 heavy (non-hydrogen) atoms. The lowest BCUT2D eigenvalue weighted by Crippen LogP contribution is -2.25. The maximum Gasteiger partial charge on any atom is 0.238 e. The molecule has 2 heterocycles. The van der Waals surface area contributed by atoms with Crippen LogP contribution in [0.4, 0.5) is 0 Å². The molecule has 0 radical (unpaired) electrons. The van der Waals surface area contributed by atoms with Crippen LogP contribution in [0.25, 0.3) is 95.0 Å². The molecule has 0 aliphatic heterocycles. The monoisotopic (exact) mass is 788 g/mol. The van der Waals surface area contributed by atoms with Crippen LogP contribution in [-0.4, -0.2) is 19.5 Å². The van der Waals surface area contributed by atoms with Gasteiger partial charge in [0.05, 0.1) is 16.4 Å². The average molecular weight is 789 g/mol. The summed E-state index contributed by atoms with van der Waals surface area (Å²) in [4.78, 5) is 15.7. The standard InChI is InChI=1S/C58H36N4/c1-3-17-37(18-4-1)39-21-15-22-41(35-39)56-59-55(38-19-5-2-6-20-38)60-57(61-56)62-52-31-14-10-26-47(52)54-42(27-16-32-53(54)62)40-33-34-46-45-25-9-13-30-50(45)58(51(46)36-40)48-28-11-7-23-43(48)44-24-8-12-29-49(44)58/h1-36H. The van der Waals surface area contributed by atoms with Gasteiger partial charge in [-0.05, 0) is 91.0 Å². The third-order valence-electron chi connectivity index (χ3n) is 13.1. The van der Waals surface area contributed by atoms with Crippen LogP contribution in [0, 0.1) is 0 Å². The highest BCUT2D eigenvalue weighted by atomic mass is 15.2. The van der Waals surface area contributed by atoms with E-state index in [4.69, 9.17) is 15.0 Å². The highest BCUT2D eigenvalue weighted by Gasteiger charge is 2.51. The summed E-state index contributed by atoms with van der Waals surface area (Å²) in [5, 5.41) is 2.30. The molecule has 4 heteroatoms. The fourth-order valence-electron chi connectivity index (χ4n) is 10.5. The van der Waals surface area contributed by atoms with Crippen molar-refractivity contribution in [2.45, 2.75) is 5.41 Å². The minimum absolute atomic E-state index is 0.427. The number of aromatic nitrogens is 4. The van der Waals surface area contributed by atoms with E-state index >= 15 is 0 Å². The average Bonchev–Trinajstić information content (AvgIpc) is 3.96. The second-order valence-electron chi connectivity index (χ2n) is 16.3. The molecule has 0 unspecified atom stereocenters. The van der Waals surface area contributed by atoms with Gasteiger partial charge in [-0.1, -0.05) is 194 Å². The zero-order valence-electron chi connectivity index (χ0n) is 33.6. The second kappa shape index (κ2) is 13.4. The number of para-hydroxylation sites is 1. The van der Waals surface area contributed by atoms with Gasteiger partial charge in [0, 0.05) is 21.9 Å². The van der Waals surface area contributed by atoms with Gasteiger partial charge >= 0.3 is 0 Å². The Balaban J connectivity index is 1.04. The number of hydrogen-bond donors (Lipinski definition) is 0. The molecule has 0 N–H and O–H groups in total. The molecule has 0 saturated heterocycles. The lowest BCUT2D eigenvalue weighted by atomic mass is 9.70. The molecule has 4 nitrogen and oxygen atoms in total. The van der Waals surface area contributed by atoms with Gasteiger partial charge in [-0.3, -0.25) is 4.57 Å². The Kier molecular flexibility index (Phi) is 7.49. The summed E-state index contributed by atoms with van der Waals surface area (Å²) >= 11 is 0. The third kappa shape index (κ3) is 4.92. The van der Waals surface area contributed by atoms with E-state index < -0.39 is 5.41 Å². The number of hydrogen-bond acceptors (Lipinski definition) is 3. The molecular weight excluding hydrogens is 753 g/mol. The van der Waals surface area contributed by atoms with Crippen LogP contribution in [-0.2, 0) is 5.41 Å². The van der Waals surface area contributed by atoms with Crippen LogP contribution in [0.3, 0.4) is 0 Å². The van der Waals surface area contributed by atoms with Gasteiger partial charge in [-0.2, -0.15) is 9.97 Å². The molecule has 2 aliphatic rings. The van der Waals surface area contributed by atoms with Crippen molar-refractivity contribution in [2.75, 3.05) is 0 Å². The summed E-state index contributed by atoms with van der Waals surface area (Å²) in [6, 6.07) is 78.6. The maximum absolute atomic E-state index is 5.31. The van der Waals surface area contributed by atoms with Crippen molar-refractivity contribution in [3.63, 3.8) is 0 Å². The Labute approximate surface area is 359 Å². The molecule has 0 bridgehead atoms. The molecule has 0 saturated carbocycles. The van der Waals surface area contributed by atoms with E-state index in [0.29, 0.717) is 17.6 Å². The molecule has 9 aromatic carbocycles. The molecule has 0 fully saturated rings.